The van der Waals surface area contributed by atoms with Crippen LogP contribution in [0.4, 0.5) is 26.3 Å². The van der Waals surface area contributed by atoms with Crippen LogP contribution in [0.15, 0.2) is 21.5 Å². The van der Waals surface area contributed by atoms with E-state index in [1.807, 2.05) is 0 Å². The molecule has 1 fully saturated rings. The van der Waals surface area contributed by atoms with Crippen LogP contribution in [0.3, 0.4) is 0 Å². The highest BCUT2D eigenvalue weighted by molar-refractivity contribution is 9.10. The Bertz CT molecular complexity index is 614. The van der Waals surface area contributed by atoms with E-state index in [0.717, 1.165) is 12.1 Å². The predicted octanol–water partition coefficient (Wildman–Crippen LogP) is 4.92. The second kappa shape index (κ2) is 5.02. The highest BCUT2D eigenvalue weighted by Gasteiger charge is 2.72. The molecule has 3 rings (SSSR count). The molecule has 0 bridgehead atoms. The van der Waals surface area contributed by atoms with Gasteiger partial charge in [-0.15, -0.1) is 0 Å². The van der Waals surface area contributed by atoms with Gasteiger partial charge in [0.25, 0.3) is 5.79 Å². The quantitative estimate of drug-likeness (QED) is 0.485. The Morgan fingerprint density at radius 1 is 1.18 bits per heavy atom. The van der Waals surface area contributed by atoms with Crippen molar-refractivity contribution >= 4 is 27.7 Å². The Labute approximate surface area is 133 Å². The summed E-state index contributed by atoms with van der Waals surface area (Å²) in [4.78, 5) is -0.563. The molecule has 1 aliphatic heterocycles. The molecular weight excluding hydrogens is 402 g/mol. The van der Waals surface area contributed by atoms with Gasteiger partial charge in [0, 0.05) is 20.5 Å². The molecule has 10 heteroatoms. The molecular formula is C12H7BrF6O2S. The molecule has 1 heterocycles. The molecule has 2 aliphatic rings. The Kier molecular flexibility index (Phi) is 3.75. The number of hydrogen-bond donors (Lipinski definition) is 0. The van der Waals surface area contributed by atoms with Gasteiger partial charge in [-0.05, 0) is 23.9 Å². The Hall–Kier alpha value is -0.450. The summed E-state index contributed by atoms with van der Waals surface area (Å²) in [5.74, 6) is -6.95. The zero-order valence-electron chi connectivity index (χ0n) is 10.5. The average Bonchev–Trinajstić information content (AvgIpc) is 2.93. The second-order valence-electron chi connectivity index (χ2n) is 4.68. The standard InChI is InChI=1S/C12H7BrF6O2S/c13-5-1-2-6(22-12(17,18)19)8-7(5)9(14)10(15,16)11(8)20-3-4-21-11/h1-2,9H,3-4H2/t9-/m1/s1. The normalized spacial score (nSPS) is 25.7. The molecule has 0 radical (unpaired) electrons. The van der Waals surface area contributed by atoms with Gasteiger partial charge in [-0.2, -0.15) is 22.0 Å². The summed E-state index contributed by atoms with van der Waals surface area (Å²) >= 11 is 2.31. The van der Waals surface area contributed by atoms with E-state index in [1.165, 1.54) is 0 Å². The Balaban J connectivity index is 2.26. The number of alkyl halides is 6. The van der Waals surface area contributed by atoms with E-state index in [9.17, 15) is 26.3 Å². The Morgan fingerprint density at radius 2 is 1.77 bits per heavy atom. The van der Waals surface area contributed by atoms with Crippen molar-refractivity contribution in [1.29, 1.82) is 0 Å². The molecule has 0 aromatic heterocycles. The third-order valence-electron chi connectivity index (χ3n) is 3.41. The monoisotopic (exact) mass is 408 g/mol. The highest BCUT2D eigenvalue weighted by atomic mass is 79.9. The van der Waals surface area contributed by atoms with E-state index < -0.39 is 51.2 Å². The highest BCUT2D eigenvalue weighted by Crippen LogP contribution is 2.63. The number of benzene rings is 1. The molecule has 1 spiro atoms. The average molecular weight is 409 g/mol. The van der Waals surface area contributed by atoms with Crippen molar-refractivity contribution in [3.05, 3.63) is 27.7 Å². The molecule has 1 atom stereocenters. The van der Waals surface area contributed by atoms with Crippen molar-refractivity contribution in [2.75, 3.05) is 13.2 Å². The van der Waals surface area contributed by atoms with E-state index >= 15 is 0 Å². The zero-order chi connectivity index (χ0) is 16.3. The first kappa shape index (κ1) is 16.4. The van der Waals surface area contributed by atoms with Gasteiger partial charge >= 0.3 is 11.4 Å². The van der Waals surface area contributed by atoms with E-state index in [4.69, 9.17) is 9.47 Å². The minimum absolute atomic E-state index is 0.0582. The molecule has 1 saturated heterocycles. The number of fused-ring (bicyclic) bond motifs is 2. The maximum absolute atomic E-state index is 14.3. The summed E-state index contributed by atoms with van der Waals surface area (Å²) in [5.41, 5.74) is -5.88. The molecule has 1 aromatic rings. The summed E-state index contributed by atoms with van der Waals surface area (Å²) in [6.07, 6.45) is -2.83. The van der Waals surface area contributed by atoms with Crippen LogP contribution in [0.5, 0.6) is 0 Å². The molecule has 0 unspecified atom stereocenters. The molecule has 122 valence electrons. The molecule has 0 N–H and O–H groups in total. The lowest BCUT2D eigenvalue weighted by Gasteiger charge is -2.30. The summed E-state index contributed by atoms with van der Waals surface area (Å²) in [6, 6.07) is 2.09. The van der Waals surface area contributed by atoms with Crippen LogP contribution in [-0.2, 0) is 15.3 Å². The van der Waals surface area contributed by atoms with Gasteiger partial charge in [-0.1, -0.05) is 15.9 Å². The van der Waals surface area contributed by atoms with E-state index in [0.29, 0.717) is 0 Å². The van der Waals surface area contributed by atoms with Crippen LogP contribution in [-0.4, -0.2) is 24.6 Å². The summed E-state index contributed by atoms with van der Waals surface area (Å²) in [6.45, 7) is -0.519. The summed E-state index contributed by atoms with van der Waals surface area (Å²) < 4.78 is 90.7. The molecule has 22 heavy (non-hydrogen) atoms. The molecule has 0 amide bonds. The third-order valence-corrected chi connectivity index (χ3v) is 4.90. The van der Waals surface area contributed by atoms with Crippen molar-refractivity contribution in [1.82, 2.24) is 0 Å². The van der Waals surface area contributed by atoms with Gasteiger partial charge in [0.2, 0.25) is 0 Å². The van der Waals surface area contributed by atoms with E-state index in [2.05, 4.69) is 15.9 Å². The smallest absolute Gasteiger partial charge is 0.339 e. The van der Waals surface area contributed by atoms with Gasteiger partial charge in [-0.25, -0.2) is 4.39 Å². The van der Waals surface area contributed by atoms with Crippen LogP contribution in [0, 0.1) is 0 Å². The molecule has 1 aromatic carbocycles. The number of rotatable bonds is 1. The van der Waals surface area contributed by atoms with Gasteiger partial charge in [0.15, 0.2) is 6.17 Å². The van der Waals surface area contributed by atoms with Crippen molar-refractivity contribution in [3.8, 4) is 0 Å². The first-order chi connectivity index (χ1) is 10.1. The van der Waals surface area contributed by atoms with Gasteiger partial charge in [0.05, 0.1) is 13.2 Å². The van der Waals surface area contributed by atoms with Crippen molar-refractivity contribution in [3.63, 3.8) is 0 Å². The molecule has 1 aliphatic carbocycles. The predicted molar refractivity (Wildman–Crippen MR) is 68.4 cm³/mol. The van der Waals surface area contributed by atoms with E-state index in [1.54, 1.807) is 0 Å². The lowest BCUT2D eigenvalue weighted by atomic mass is 10.1. The maximum atomic E-state index is 14.3. The largest absolute Gasteiger partial charge is 0.446 e. The topological polar surface area (TPSA) is 18.5 Å². The van der Waals surface area contributed by atoms with Gasteiger partial charge in [-0.3, -0.25) is 0 Å². The van der Waals surface area contributed by atoms with Crippen LogP contribution >= 0.6 is 27.7 Å². The minimum atomic E-state index is -4.72. The van der Waals surface area contributed by atoms with Crippen LogP contribution in [0.25, 0.3) is 0 Å². The van der Waals surface area contributed by atoms with Crippen molar-refractivity contribution < 1.29 is 35.8 Å². The Morgan fingerprint density at radius 3 is 2.32 bits per heavy atom. The zero-order valence-corrected chi connectivity index (χ0v) is 12.9. The number of ether oxygens (including phenoxy) is 2. The fourth-order valence-electron chi connectivity index (χ4n) is 2.64. The molecule has 2 nitrogen and oxygen atoms in total. The number of halogens is 7. The first-order valence-electron chi connectivity index (χ1n) is 5.98. The second-order valence-corrected chi connectivity index (χ2v) is 6.64. The minimum Gasteiger partial charge on any atom is -0.339 e. The van der Waals surface area contributed by atoms with Crippen LogP contribution in [0.1, 0.15) is 17.3 Å². The lowest BCUT2D eigenvalue weighted by molar-refractivity contribution is -0.308. The third kappa shape index (κ3) is 2.18. The summed E-state index contributed by atoms with van der Waals surface area (Å²) in [7, 11) is 0. The maximum Gasteiger partial charge on any atom is 0.446 e. The van der Waals surface area contributed by atoms with E-state index in [-0.39, 0.29) is 17.7 Å². The fourth-order valence-corrected chi connectivity index (χ4v) is 3.90. The van der Waals surface area contributed by atoms with Crippen LogP contribution < -0.4 is 0 Å². The summed E-state index contributed by atoms with van der Waals surface area (Å²) in [5, 5.41) is 0. The fraction of sp³-hybridized carbons (Fsp3) is 0.500. The van der Waals surface area contributed by atoms with Crippen LogP contribution in [0.2, 0.25) is 0 Å². The van der Waals surface area contributed by atoms with Crippen molar-refractivity contribution in [2.45, 2.75) is 28.3 Å². The number of thioether (sulfide) groups is 1. The molecule has 0 saturated carbocycles. The van der Waals surface area contributed by atoms with Gasteiger partial charge in [0.1, 0.15) is 0 Å². The first-order valence-corrected chi connectivity index (χ1v) is 7.59. The number of hydrogen-bond acceptors (Lipinski definition) is 3. The SMILES string of the molecule is F[C@@H]1c2c(Br)ccc(SC(F)(F)F)c2C2(OCCO2)C1(F)F. The van der Waals surface area contributed by atoms with Gasteiger partial charge < -0.3 is 9.47 Å². The van der Waals surface area contributed by atoms with Crippen molar-refractivity contribution in [2.24, 2.45) is 0 Å². The lowest BCUT2D eigenvalue weighted by Crippen LogP contribution is -2.44.